The van der Waals surface area contributed by atoms with Crippen LogP contribution in [0.2, 0.25) is 0 Å². The van der Waals surface area contributed by atoms with E-state index in [4.69, 9.17) is 28.0 Å². The van der Waals surface area contributed by atoms with E-state index in [1.165, 1.54) is 0 Å². The van der Waals surface area contributed by atoms with Crippen molar-refractivity contribution in [2.24, 2.45) is 0 Å². The van der Waals surface area contributed by atoms with Crippen LogP contribution in [-0.2, 0) is 26.8 Å². The summed E-state index contributed by atoms with van der Waals surface area (Å²) in [6.07, 6.45) is 4.90. The Kier molecular flexibility index (Phi) is 8.88. The molecule has 11 nitrogen and oxygen atoms in total. The van der Waals surface area contributed by atoms with Crippen LogP contribution in [-0.4, -0.2) is 34.2 Å². The third-order valence-electron chi connectivity index (χ3n) is 6.51. The van der Waals surface area contributed by atoms with Gasteiger partial charge in [0.25, 0.3) is 0 Å². The highest BCUT2D eigenvalue weighted by Crippen LogP contribution is 2.32. The fourth-order valence-corrected chi connectivity index (χ4v) is 4.91. The molecule has 12 heteroatoms. The molecule has 6 aromatic rings. The predicted octanol–water partition coefficient (Wildman–Crippen LogP) is 7.30. The van der Waals surface area contributed by atoms with Gasteiger partial charge in [-0.2, -0.15) is 4.98 Å². The molecule has 44 heavy (non-hydrogen) atoms. The van der Waals surface area contributed by atoms with Crippen LogP contribution in [0.1, 0.15) is 11.1 Å². The number of aromatic nitrogens is 4. The summed E-state index contributed by atoms with van der Waals surface area (Å²) in [6, 6.07) is 23.5. The minimum atomic E-state index is -2.72. The van der Waals surface area contributed by atoms with Crippen LogP contribution < -0.4 is 18.9 Å². The number of hydrogen-bond donors (Lipinski definition) is 0. The predicted molar refractivity (Wildman–Crippen MR) is 164 cm³/mol. The molecule has 0 aliphatic heterocycles. The van der Waals surface area contributed by atoms with Crippen LogP contribution >= 0.6 is 8.25 Å². The van der Waals surface area contributed by atoms with Crippen molar-refractivity contribution in [1.29, 1.82) is 0 Å². The number of nitrogens with zero attached hydrogens (tertiary/aromatic N) is 4. The molecule has 6 rings (SSSR count). The van der Waals surface area contributed by atoms with E-state index in [0.29, 0.717) is 51.3 Å². The molecule has 2 aromatic carbocycles. The van der Waals surface area contributed by atoms with Crippen molar-refractivity contribution in [3.05, 3.63) is 109 Å². The van der Waals surface area contributed by atoms with Crippen LogP contribution in [0, 0.1) is 0 Å². The van der Waals surface area contributed by atoms with E-state index in [1.54, 1.807) is 69.2 Å². The van der Waals surface area contributed by atoms with Crippen molar-refractivity contribution in [2.75, 3.05) is 14.2 Å². The summed E-state index contributed by atoms with van der Waals surface area (Å²) in [5, 5.41) is 0.764. The van der Waals surface area contributed by atoms with E-state index in [1.807, 2.05) is 42.5 Å². The third-order valence-corrected chi connectivity index (χ3v) is 7.27. The Morgan fingerprint density at radius 1 is 0.659 bits per heavy atom. The summed E-state index contributed by atoms with van der Waals surface area (Å²) < 4.78 is 45.7. The normalized spacial score (nSPS) is 11.8. The van der Waals surface area contributed by atoms with Gasteiger partial charge in [-0.3, -0.25) is 9.55 Å². The van der Waals surface area contributed by atoms with Crippen LogP contribution in [0.4, 0.5) is 0 Å². The molecule has 4 heterocycles. The number of rotatable bonds is 12. The van der Waals surface area contributed by atoms with E-state index in [-0.39, 0.29) is 13.2 Å². The molecule has 0 fully saturated rings. The summed E-state index contributed by atoms with van der Waals surface area (Å²) in [5.41, 5.74) is 3.46. The van der Waals surface area contributed by atoms with Crippen LogP contribution in [0.15, 0.2) is 97.5 Å². The summed E-state index contributed by atoms with van der Waals surface area (Å²) in [6.45, 7) is 0.261. The summed E-state index contributed by atoms with van der Waals surface area (Å²) in [4.78, 5) is 17.3. The maximum Gasteiger partial charge on any atom is 0.319 e. The number of pyridine rings is 4. The molecule has 1 unspecified atom stereocenters. The Hall–Kier alpha value is -5.09. The zero-order valence-electron chi connectivity index (χ0n) is 23.8. The van der Waals surface area contributed by atoms with Gasteiger partial charge in [0.15, 0.2) is 11.4 Å². The first kappa shape index (κ1) is 29.0. The van der Waals surface area contributed by atoms with Gasteiger partial charge in [0.2, 0.25) is 5.88 Å². The Balaban J connectivity index is 0.983. The second-order valence-corrected chi connectivity index (χ2v) is 10.5. The van der Waals surface area contributed by atoms with Crippen molar-refractivity contribution < 1.29 is 32.6 Å². The topological polar surface area (TPSA) is 124 Å². The molecule has 0 spiro atoms. The molecule has 0 amide bonds. The van der Waals surface area contributed by atoms with Gasteiger partial charge in [-0.15, -0.1) is 0 Å². The first-order valence-electron chi connectivity index (χ1n) is 13.5. The van der Waals surface area contributed by atoms with Gasteiger partial charge in [-0.1, -0.05) is 24.3 Å². The van der Waals surface area contributed by atoms with Gasteiger partial charge in [0, 0.05) is 30.6 Å². The SMILES string of the molecule is COc1cnc2c(Oc3ccc(CO[PH](=O)OCc4ccc(Oc5ccnc6nc(OC)ccc56)cc4)cc3)ccnc2c1. The van der Waals surface area contributed by atoms with Crippen LogP contribution in [0.3, 0.4) is 0 Å². The third kappa shape index (κ3) is 6.92. The molecular formula is C32H27N4O7P. The highest BCUT2D eigenvalue weighted by atomic mass is 31.1. The number of ether oxygens (including phenoxy) is 4. The monoisotopic (exact) mass is 610 g/mol. The molecule has 1 atom stereocenters. The fourth-order valence-electron chi connectivity index (χ4n) is 4.26. The molecule has 4 aromatic heterocycles. The largest absolute Gasteiger partial charge is 0.495 e. The average molecular weight is 611 g/mol. The molecule has 0 saturated heterocycles. The fraction of sp³-hybridized carbons (Fsp3) is 0.125. The van der Waals surface area contributed by atoms with Crippen molar-refractivity contribution in [3.8, 4) is 34.6 Å². The van der Waals surface area contributed by atoms with Gasteiger partial charge in [0.1, 0.15) is 28.5 Å². The van der Waals surface area contributed by atoms with E-state index in [9.17, 15) is 4.57 Å². The molecule has 0 N–H and O–H groups in total. The van der Waals surface area contributed by atoms with E-state index < -0.39 is 8.25 Å². The Morgan fingerprint density at radius 3 is 1.95 bits per heavy atom. The summed E-state index contributed by atoms with van der Waals surface area (Å²) in [7, 11) is 0.413. The van der Waals surface area contributed by atoms with E-state index in [0.717, 1.165) is 16.5 Å². The van der Waals surface area contributed by atoms with Gasteiger partial charge in [-0.05, 0) is 47.5 Å². The lowest BCUT2D eigenvalue weighted by atomic mass is 10.2. The lowest BCUT2D eigenvalue weighted by molar-refractivity contribution is 0.213. The quantitative estimate of drug-likeness (QED) is 0.130. The van der Waals surface area contributed by atoms with Crippen LogP contribution in [0.5, 0.6) is 34.6 Å². The van der Waals surface area contributed by atoms with Crippen molar-refractivity contribution in [2.45, 2.75) is 13.2 Å². The zero-order valence-corrected chi connectivity index (χ0v) is 24.8. The molecule has 0 saturated carbocycles. The van der Waals surface area contributed by atoms with Gasteiger partial charge >= 0.3 is 8.25 Å². The van der Waals surface area contributed by atoms with E-state index in [2.05, 4.69) is 19.9 Å². The zero-order chi connectivity index (χ0) is 30.3. The Labute approximate surface area is 253 Å². The van der Waals surface area contributed by atoms with Gasteiger partial charge in [-0.25, -0.2) is 9.97 Å². The first-order valence-corrected chi connectivity index (χ1v) is 14.7. The van der Waals surface area contributed by atoms with Crippen LogP contribution in [0.25, 0.3) is 22.1 Å². The smallest absolute Gasteiger partial charge is 0.319 e. The molecule has 0 aliphatic rings. The number of hydrogen-bond acceptors (Lipinski definition) is 11. The summed E-state index contributed by atoms with van der Waals surface area (Å²) >= 11 is 0. The minimum Gasteiger partial charge on any atom is -0.495 e. The lowest BCUT2D eigenvalue weighted by Gasteiger charge is -2.10. The molecule has 0 aliphatic carbocycles. The average Bonchev–Trinajstić information content (AvgIpc) is 3.07. The number of fused-ring (bicyclic) bond motifs is 2. The lowest BCUT2D eigenvalue weighted by Crippen LogP contribution is -1.93. The van der Waals surface area contributed by atoms with E-state index >= 15 is 0 Å². The van der Waals surface area contributed by atoms with Gasteiger partial charge < -0.3 is 28.0 Å². The summed E-state index contributed by atoms with van der Waals surface area (Å²) in [5.74, 6) is 3.54. The van der Waals surface area contributed by atoms with Gasteiger partial charge in [0.05, 0.1) is 44.5 Å². The first-order chi connectivity index (χ1) is 21.6. The van der Waals surface area contributed by atoms with Crippen molar-refractivity contribution in [1.82, 2.24) is 19.9 Å². The Bertz CT molecular complexity index is 1780. The molecular weight excluding hydrogens is 583 g/mol. The van der Waals surface area contributed by atoms with Crippen molar-refractivity contribution >= 4 is 30.3 Å². The second kappa shape index (κ2) is 13.5. The number of benzene rings is 2. The minimum absolute atomic E-state index is 0.130. The molecule has 0 radical (unpaired) electrons. The number of methoxy groups -OCH3 is 2. The highest BCUT2D eigenvalue weighted by Gasteiger charge is 2.10. The van der Waals surface area contributed by atoms with Crippen molar-refractivity contribution in [3.63, 3.8) is 0 Å². The standard InChI is InChI=1S/C32H27N4O7P/c1-38-25-17-27-31(35-18-25)29(14-15-33-27)43-24-9-5-22(6-10-24)20-41-44(37)40-19-21-3-7-23(8-4-21)42-28-13-16-34-32-26(28)11-12-30(36-32)39-2/h3-18,44H,19-20H2,1-2H3. The maximum absolute atomic E-state index is 12.4. The Morgan fingerprint density at radius 2 is 1.30 bits per heavy atom. The second-order valence-electron chi connectivity index (χ2n) is 9.41. The molecule has 222 valence electrons. The highest BCUT2D eigenvalue weighted by molar-refractivity contribution is 7.33. The molecule has 0 bridgehead atoms. The maximum atomic E-state index is 12.4.